The van der Waals surface area contributed by atoms with Crippen LogP contribution < -0.4 is 0 Å². The van der Waals surface area contributed by atoms with Crippen LogP contribution in [-0.2, 0) is 58.2 Å². The minimum atomic E-state index is 0.360. The normalized spacial score (nSPS) is 11.5. The summed E-state index contributed by atoms with van der Waals surface area (Å²) in [4.78, 5) is 35.2. The molecule has 1 N–H and O–H groups in total. The Balaban J connectivity index is 1.19. The van der Waals surface area contributed by atoms with Gasteiger partial charge in [-0.25, -0.2) is 0 Å². The second kappa shape index (κ2) is 23.6. The van der Waals surface area contributed by atoms with Crippen molar-refractivity contribution in [1.29, 1.82) is 0 Å². The molecule has 6 aromatic heterocycles. The van der Waals surface area contributed by atoms with Crippen molar-refractivity contribution >= 4 is 0 Å². The average Bonchev–Trinajstić information content (AvgIpc) is 3.32. The van der Waals surface area contributed by atoms with Crippen molar-refractivity contribution in [2.75, 3.05) is 39.3 Å². The van der Waals surface area contributed by atoms with Crippen molar-refractivity contribution < 1.29 is 5.11 Å². The molecule has 6 heterocycles. The van der Waals surface area contributed by atoms with Crippen LogP contribution in [0.3, 0.4) is 0 Å². The first-order chi connectivity index (χ1) is 30.1. The summed E-state index contributed by atoms with van der Waals surface area (Å²) < 4.78 is 0. The van der Waals surface area contributed by atoms with Crippen molar-refractivity contribution in [3.63, 3.8) is 0 Å². The second-order valence-corrected chi connectivity index (χ2v) is 15.5. The second-order valence-electron chi connectivity index (χ2n) is 15.5. The number of aromatic hydroxyl groups is 1. The van der Waals surface area contributed by atoms with Gasteiger partial charge in [0, 0.05) is 180 Å². The number of benzene rings is 1. The van der Waals surface area contributed by atoms with Crippen LogP contribution in [0.2, 0.25) is 0 Å². The summed E-state index contributed by atoms with van der Waals surface area (Å²) in [5.74, 6) is 0.360. The first-order valence-corrected chi connectivity index (χ1v) is 21.5. The van der Waals surface area contributed by atoms with Crippen LogP contribution in [0, 0.1) is 0 Å². The lowest BCUT2D eigenvalue weighted by Gasteiger charge is -2.27. The standard InChI is InChI=1S/C51H57N9O/c61-51-43(40-59(33-21-47-15-3-9-27-54-47)34-22-48-16-4-10-28-55-48)37-42(39-58(31-19-45-13-1-7-25-52-45)32-20-46-14-2-8-26-53-46)38-44(51)41-60(35-23-49-17-5-11-29-56-49)36-24-50-18-6-12-30-57-50/h1-18,25-30,37-38,61H,19-24,31-36,39-41H2. The third-order valence-corrected chi connectivity index (χ3v) is 11.0. The van der Waals surface area contributed by atoms with E-state index in [2.05, 4.69) is 105 Å². The molecule has 0 bridgehead atoms. The van der Waals surface area contributed by atoms with Gasteiger partial charge in [-0.15, -0.1) is 0 Å². The van der Waals surface area contributed by atoms with Crippen LogP contribution in [0.1, 0.15) is 50.9 Å². The van der Waals surface area contributed by atoms with Gasteiger partial charge in [0.25, 0.3) is 0 Å². The van der Waals surface area contributed by atoms with Gasteiger partial charge in [-0.05, 0) is 90.5 Å². The highest BCUT2D eigenvalue weighted by molar-refractivity contribution is 5.44. The van der Waals surface area contributed by atoms with E-state index in [0.29, 0.717) is 18.8 Å². The molecule has 0 aliphatic carbocycles. The Morgan fingerprint density at radius 2 is 0.574 bits per heavy atom. The van der Waals surface area contributed by atoms with E-state index in [9.17, 15) is 5.11 Å². The fourth-order valence-corrected chi connectivity index (χ4v) is 7.63. The SMILES string of the molecule is Oc1c(CN(CCc2ccccn2)CCc2ccccn2)cc(CN(CCc2ccccn2)CCc2ccccn2)cc1CN(CCc1ccccn1)CCc1ccccn1. The molecule has 10 heteroatoms. The lowest BCUT2D eigenvalue weighted by Crippen LogP contribution is -2.31. The van der Waals surface area contributed by atoms with Crippen molar-refractivity contribution in [2.24, 2.45) is 0 Å². The minimum Gasteiger partial charge on any atom is -0.507 e. The number of phenols is 1. The number of phenolic OH excluding ortho intramolecular Hbond substituents is 1. The van der Waals surface area contributed by atoms with Crippen LogP contribution >= 0.6 is 0 Å². The van der Waals surface area contributed by atoms with Crippen LogP contribution in [0.4, 0.5) is 0 Å². The highest BCUT2D eigenvalue weighted by Crippen LogP contribution is 2.29. The molecule has 1 aromatic carbocycles. The van der Waals surface area contributed by atoms with Crippen LogP contribution in [-0.4, -0.2) is 89.0 Å². The third kappa shape index (κ3) is 14.5. The van der Waals surface area contributed by atoms with Gasteiger partial charge in [0.2, 0.25) is 0 Å². The topological polar surface area (TPSA) is 107 Å². The van der Waals surface area contributed by atoms with E-state index in [0.717, 1.165) is 130 Å². The smallest absolute Gasteiger partial charge is 0.124 e. The van der Waals surface area contributed by atoms with E-state index in [1.807, 2.05) is 97.8 Å². The van der Waals surface area contributed by atoms with Crippen molar-refractivity contribution in [3.8, 4) is 5.75 Å². The molecule has 0 unspecified atom stereocenters. The van der Waals surface area contributed by atoms with Gasteiger partial charge in [0.1, 0.15) is 5.75 Å². The fourth-order valence-electron chi connectivity index (χ4n) is 7.63. The van der Waals surface area contributed by atoms with Gasteiger partial charge in [0.05, 0.1) is 0 Å². The highest BCUT2D eigenvalue weighted by atomic mass is 16.3. The zero-order chi connectivity index (χ0) is 41.7. The summed E-state index contributed by atoms with van der Waals surface area (Å²) in [6.45, 7) is 6.78. The predicted molar refractivity (Wildman–Crippen MR) is 242 cm³/mol. The molecule has 0 aliphatic rings. The number of hydrogen-bond donors (Lipinski definition) is 1. The van der Waals surface area contributed by atoms with Crippen LogP contribution in [0.5, 0.6) is 5.75 Å². The Morgan fingerprint density at radius 3 is 0.803 bits per heavy atom. The zero-order valence-corrected chi connectivity index (χ0v) is 35.1. The fraction of sp³-hybridized carbons (Fsp3) is 0.294. The Morgan fingerprint density at radius 1 is 0.328 bits per heavy atom. The predicted octanol–water partition coefficient (Wildman–Crippen LogP) is 7.62. The Kier molecular flexibility index (Phi) is 16.6. The lowest BCUT2D eigenvalue weighted by molar-refractivity contribution is 0.255. The van der Waals surface area contributed by atoms with E-state index >= 15 is 0 Å². The maximum atomic E-state index is 12.4. The molecule has 61 heavy (non-hydrogen) atoms. The van der Waals surface area contributed by atoms with Crippen molar-refractivity contribution in [2.45, 2.75) is 58.2 Å². The molecule has 0 amide bonds. The average molecular weight is 812 g/mol. The van der Waals surface area contributed by atoms with Gasteiger partial charge in [-0.1, -0.05) is 36.4 Å². The minimum absolute atomic E-state index is 0.360. The molecule has 0 atom stereocenters. The van der Waals surface area contributed by atoms with Gasteiger partial charge in [-0.3, -0.25) is 44.6 Å². The van der Waals surface area contributed by atoms with Crippen LogP contribution in [0.15, 0.2) is 159 Å². The summed E-state index contributed by atoms with van der Waals surface area (Å²) in [5.41, 5.74) is 9.39. The quantitative estimate of drug-likeness (QED) is 0.0655. The van der Waals surface area contributed by atoms with Gasteiger partial charge in [0.15, 0.2) is 0 Å². The summed E-state index contributed by atoms with van der Waals surface area (Å²) in [6.07, 6.45) is 16.1. The van der Waals surface area contributed by atoms with E-state index in [-0.39, 0.29) is 0 Å². The Labute approximate surface area is 361 Å². The third-order valence-electron chi connectivity index (χ3n) is 11.0. The molecule has 0 saturated carbocycles. The molecular weight excluding hydrogens is 755 g/mol. The molecular formula is C51H57N9O. The summed E-state index contributed by atoms with van der Waals surface area (Å²) in [5, 5.41) is 12.4. The number of hydrogen-bond acceptors (Lipinski definition) is 10. The van der Waals surface area contributed by atoms with Crippen molar-refractivity contribution in [3.05, 3.63) is 209 Å². The van der Waals surface area contributed by atoms with Crippen LogP contribution in [0.25, 0.3) is 0 Å². The number of pyridine rings is 6. The molecule has 312 valence electrons. The first kappa shape index (κ1) is 42.9. The monoisotopic (exact) mass is 811 g/mol. The summed E-state index contributed by atoms with van der Waals surface area (Å²) in [7, 11) is 0. The maximum Gasteiger partial charge on any atom is 0.124 e. The highest BCUT2D eigenvalue weighted by Gasteiger charge is 2.19. The molecule has 0 radical (unpaired) electrons. The van der Waals surface area contributed by atoms with Gasteiger partial charge < -0.3 is 5.11 Å². The molecule has 0 aliphatic heterocycles. The summed E-state index contributed by atoms with van der Waals surface area (Å²) in [6, 6.07) is 41.1. The van der Waals surface area contributed by atoms with E-state index < -0.39 is 0 Å². The molecule has 7 rings (SSSR count). The number of aromatic nitrogens is 6. The van der Waals surface area contributed by atoms with Gasteiger partial charge in [-0.2, -0.15) is 0 Å². The summed E-state index contributed by atoms with van der Waals surface area (Å²) >= 11 is 0. The Bertz CT molecular complexity index is 2030. The lowest BCUT2D eigenvalue weighted by atomic mass is 10.0. The van der Waals surface area contributed by atoms with E-state index in [1.54, 1.807) is 0 Å². The molecule has 0 fully saturated rings. The molecule has 0 saturated heterocycles. The van der Waals surface area contributed by atoms with Gasteiger partial charge >= 0.3 is 0 Å². The number of nitrogens with zero attached hydrogens (tertiary/aromatic N) is 9. The zero-order valence-electron chi connectivity index (χ0n) is 35.1. The van der Waals surface area contributed by atoms with E-state index in [4.69, 9.17) is 0 Å². The van der Waals surface area contributed by atoms with E-state index in [1.165, 1.54) is 5.56 Å². The number of rotatable bonds is 24. The maximum absolute atomic E-state index is 12.4. The molecule has 0 spiro atoms. The van der Waals surface area contributed by atoms with Crippen molar-refractivity contribution in [1.82, 2.24) is 44.6 Å². The largest absolute Gasteiger partial charge is 0.507 e. The first-order valence-electron chi connectivity index (χ1n) is 21.5. The molecule has 7 aromatic rings. The molecule has 10 nitrogen and oxygen atoms in total. The Hall–Kier alpha value is -6.20.